The summed E-state index contributed by atoms with van der Waals surface area (Å²) in [6.07, 6.45) is 8.97. The van der Waals surface area contributed by atoms with Gasteiger partial charge in [0.15, 0.2) is 0 Å². The molecular formula is C19H25N5O2. The average molecular weight is 355 g/mol. The second kappa shape index (κ2) is 10.2. The summed E-state index contributed by atoms with van der Waals surface area (Å²) in [5, 5.41) is 2.87. The zero-order valence-corrected chi connectivity index (χ0v) is 15.3. The Kier molecular flexibility index (Phi) is 7.67. The lowest BCUT2D eigenvalue weighted by molar-refractivity contribution is -0.121. The summed E-state index contributed by atoms with van der Waals surface area (Å²) >= 11 is 0. The standard InChI is InChI=1S/C19H25N5O2/c1-15(2)5-11-24(19(26)17-14-21-9-10-22-17)12-6-18(25)23-13-16-3-7-20-8-4-16/h3-4,7-10,14-15H,5-6,11-13H2,1-2H3,(H,23,25). The van der Waals surface area contributed by atoms with Crippen molar-refractivity contribution in [3.63, 3.8) is 0 Å². The zero-order valence-electron chi connectivity index (χ0n) is 15.3. The van der Waals surface area contributed by atoms with Crippen molar-refractivity contribution in [2.24, 2.45) is 5.92 Å². The third kappa shape index (κ3) is 6.58. The van der Waals surface area contributed by atoms with Gasteiger partial charge in [-0.05, 0) is 30.0 Å². The predicted molar refractivity (Wildman–Crippen MR) is 98.1 cm³/mol. The van der Waals surface area contributed by atoms with Crippen molar-refractivity contribution in [2.75, 3.05) is 13.1 Å². The fraction of sp³-hybridized carbons (Fsp3) is 0.421. The minimum atomic E-state index is -0.194. The maximum absolute atomic E-state index is 12.6. The van der Waals surface area contributed by atoms with Crippen molar-refractivity contribution in [1.82, 2.24) is 25.2 Å². The molecule has 2 rings (SSSR count). The van der Waals surface area contributed by atoms with Crippen LogP contribution in [0.5, 0.6) is 0 Å². The van der Waals surface area contributed by atoms with Crippen molar-refractivity contribution < 1.29 is 9.59 Å². The van der Waals surface area contributed by atoms with E-state index in [-0.39, 0.29) is 18.2 Å². The molecule has 2 amide bonds. The number of hydrogen-bond donors (Lipinski definition) is 1. The Morgan fingerprint density at radius 1 is 1.08 bits per heavy atom. The lowest BCUT2D eigenvalue weighted by Gasteiger charge is -2.23. The summed E-state index contributed by atoms with van der Waals surface area (Å²) in [5.74, 6) is 0.177. The first kappa shape index (κ1) is 19.5. The SMILES string of the molecule is CC(C)CCN(CCC(=O)NCc1ccncc1)C(=O)c1cnccn1. The number of aromatic nitrogens is 3. The number of nitrogens with one attached hydrogen (secondary N) is 1. The van der Waals surface area contributed by atoms with Gasteiger partial charge in [-0.2, -0.15) is 0 Å². The van der Waals surface area contributed by atoms with E-state index < -0.39 is 0 Å². The molecule has 7 heteroatoms. The number of nitrogens with zero attached hydrogens (tertiary/aromatic N) is 4. The molecule has 0 aliphatic rings. The predicted octanol–water partition coefficient (Wildman–Crippen LogP) is 2.07. The number of amides is 2. The first-order valence-corrected chi connectivity index (χ1v) is 8.77. The summed E-state index contributed by atoms with van der Waals surface area (Å²) in [6, 6.07) is 3.71. The lowest BCUT2D eigenvalue weighted by atomic mass is 10.1. The highest BCUT2D eigenvalue weighted by atomic mass is 16.2. The molecule has 0 unspecified atom stereocenters. The monoisotopic (exact) mass is 355 g/mol. The Morgan fingerprint density at radius 2 is 1.85 bits per heavy atom. The van der Waals surface area contributed by atoms with Gasteiger partial charge in [0.25, 0.3) is 5.91 Å². The highest BCUT2D eigenvalue weighted by Gasteiger charge is 2.18. The van der Waals surface area contributed by atoms with E-state index in [1.807, 2.05) is 12.1 Å². The maximum atomic E-state index is 12.6. The average Bonchev–Trinajstić information content (AvgIpc) is 2.67. The van der Waals surface area contributed by atoms with Crippen LogP contribution in [0.4, 0.5) is 0 Å². The van der Waals surface area contributed by atoms with E-state index in [0.717, 1.165) is 12.0 Å². The molecule has 0 atom stereocenters. The molecule has 0 bridgehead atoms. The molecule has 0 saturated heterocycles. The van der Waals surface area contributed by atoms with Crippen LogP contribution >= 0.6 is 0 Å². The summed E-state index contributed by atoms with van der Waals surface area (Å²) in [4.78, 5) is 38.4. The molecule has 0 fully saturated rings. The quantitative estimate of drug-likeness (QED) is 0.744. The number of hydrogen-bond acceptors (Lipinski definition) is 5. The van der Waals surface area contributed by atoms with Crippen LogP contribution in [0.1, 0.15) is 42.7 Å². The fourth-order valence-corrected chi connectivity index (χ4v) is 2.33. The van der Waals surface area contributed by atoms with E-state index in [1.165, 1.54) is 18.6 Å². The van der Waals surface area contributed by atoms with Gasteiger partial charge in [-0.15, -0.1) is 0 Å². The molecule has 2 heterocycles. The number of rotatable bonds is 9. The molecule has 0 aliphatic heterocycles. The van der Waals surface area contributed by atoms with Crippen molar-refractivity contribution in [3.05, 3.63) is 54.4 Å². The zero-order chi connectivity index (χ0) is 18.8. The Hall–Kier alpha value is -2.83. The molecule has 0 aromatic carbocycles. The van der Waals surface area contributed by atoms with Crippen molar-refractivity contribution in [2.45, 2.75) is 33.2 Å². The molecule has 0 aliphatic carbocycles. The van der Waals surface area contributed by atoms with Crippen LogP contribution in [-0.4, -0.2) is 44.8 Å². The molecule has 1 N–H and O–H groups in total. The second-order valence-corrected chi connectivity index (χ2v) is 6.45. The number of carbonyl (C=O) groups is 2. The Balaban J connectivity index is 1.89. The summed E-state index contributed by atoms with van der Waals surface area (Å²) in [5.41, 5.74) is 1.29. The van der Waals surface area contributed by atoms with Gasteiger partial charge in [-0.1, -0.05) is 13.8 Å². The molecular weight excluding hydrogens is 330 g/mol. The van der Waals surface area contributed by atoms with Crippen molar-refractivity contribution in [3.8, 4) is 0 Å². The molecule has 0 saturated carbocycles. The van der Waals surface area contributed by atoms with Crippen LogP contribution in [0.3, 0.4) is 0 Å². The first-order valence-electron chi connectivity index (χ1n) is 8.77. The second-order valence-electron chi connectivity index (χ2n) is 6.45. The van der Waals surface area contributed by atoms with Crippen molar-refractivity contribution in [1.29, 1.82) is 0 Å². The highest BCUT2D eigenvalue weighted by Crippen LogP contribution is 2.07. The fourth-order valence-electron chi connectivity index (χ4n) is 2.33. The van der Waals surface area contributed by atoms with Crippen LogP contribution < -0.4 is 5.32 Å². The van der Waals surface area contributed by atoms with Gasteiger partial charge < -0.3 is 10.2 Å². The third-order valence-corrected chi connectivity index (χ3v) is 3.89. The summed E-state index contributed by atoms with van der Waals surface area (Å²) in [7, 11) is 0. The van der Waals surface area contributed by atoms with Gasteiger partial charge in [-0.25, -0.2) is 4.98 Å². The number of carbonyl (C=O) groups excluding carboxylic acids is 2. The van der Waals surface area contributed by atoms with Crippen LogP contribution in [0.2, 0.25) is 0 Å². The van der Waals surface area contributed by atoms with Crippen LogP contribution in [0.15, 0.2) is 43.1 Å². The molecule has 138 valence electrons. The van der Waals surface area contributed by atoms with Crippen molar-refractivity contribution >= 4 is 11.8 Å². The maximum Gasteiger partial charge on any atom is 0.274 e. The normalized spacial score (nSPS) is 10.6. The topological polar surface area (TPSA) is 88.1 Å². The number of pyridine rings is 1. The van der Waals surface area contributed by atoms with Crippen LogP contribution in [0, 0.1) is 5.92 Å². The van der Waals surface area contributed by atoms with Gasteiger partial charge in [0.2, 0.25) is 5.91 Å². The summed E-state index contributed by atoms with van der Waals surface area (Å²) in [6.45, 7) is 5.60. The molecule has 2 aromatic rings. The third-order valence-electron chi connectivity index (χ3n) is 3.89. The van der Waals surface area contributed by atoms with Gasteiger partial charge in [0.05, 0.1) is 6.20 Å². The highest BCUT2D eigenvalue weighted by molar-refractivity contribution is 5.92. The van der Waals surface area contributed by atoms with Gasteiger partial charge in [0, 0.05) is 50.8 Å². The lowest BCUT2D eigenvalue weighted by Crippen LogP contribution is -2.36. The Labute approximate surface area is 153 Å². The van der Waals surface area contributed by atoms with E-state index >= 15 is 0 Å². The minimum Gasteiger partial charge on any atom is -0.352 e. The smallest absolute Gasteiger partial charge is 0.274 e. The molecule has 7 nitrogen and oxygen atoms in total. The molecule has 26 heavy (non-hydrogen) atoms. The minimum absolute atomic E-state index is 0.0942. The molecule has 0 spiro atoms. The van der Waals surface area contributed by atoms with E-state index in [2.05, 4.69) is 34.1 Å². The van der Waals surface area contributed by atoms with E-state index in [1.54, 1.807) is 17.3 Å². The van der Waals surface area contributed by atoms with Gasteiger partial charge in [-0.3, -0.25) is 19.6 Å². The van der Waals surface area contributed by atoms with Crippen LogP contribution in [-0.2, 0) is 11.3 Å². The van der Waals surface area contributed by atoms with Crippen LogP contribution in [0.25, 0.3) is 0 Å². The van der Waals surface area contributed by atoms with E-state index in [0.29, 0.717) is 31.2 Å². The molecule has 0 radical (unpaired) electrons. The Morgan fingerprint density at radius 3 is 2.50 bits per heavy atom. The Bertz CT molecular complexity index is 692. The van der Waals surface area contributed by atoms with E-state index in [4.69, 9.17) is 0 Å². The van der Waals surface area contributed by atoms with E-state index in [9.17, 15) is 9.59 Å². The molecule has 2 aromatic heterocycles. The largest absolute Gasteiger partial charge is 0.352 e. The van der Waals surface area contributed by atoms with Gasteiger partial charge in [0.1, 0.15) is 5.69 Å². The first-order chi connectivity index (χ1) is 12.6. The summed E-state index contributed by atoms with van der Waals surface area (Å²) < 4.78 is 0. The van der Waals surface area contributed by atoms with Gasteiger partial charge >= 0.3 is 0 Å².